The van der Waals surface area contributed by atoms with E-state index >= 15 is 0 Å². The summed E-state index contributed by atoms with van der Waals surface area (Å²) < 4.78 is 1.28. The lowest BCUT2D eigenvalue weighted by Crippen LogP contribution is -2.21. The van der Waals surface area contributed by atoms with Gasteiger partial charge in [0, 0.05) is 12.4 Å². The van der Waals surface area contributed by atoms with Gasteiger partial charge in [-0.05, 0) is 31.3 Å². The van der Waals surface area contributed by atoms with Crippen molar-refractivity contribution in [1.29, 1.82) is 0 Å². The molecule has 3 aromatic rings. The molecule has 0 radical (unpaired) electrons. The van der Waals surface area contributed by atoms with Gasteiger partial charge >= 0.3 is 5.69 Å². The minimum absolute atomic E-state index is 0.00962. The van der Waals surface area contributed by atoms with Crippen LogP contribution in [0, 0.1) is 11.7 Å². The number of aryl methyl sites for hydroxylation is 1. The van der Waals surface area contributed by atoms with Crippen LogP contribution in [0.1, 0.15) is 11.1 Å². The first kappa shape index (κ1) is 17.3. The third kappa shape index (κ3) is 3.30. The first-order chi connectivity index (χ1) is 12.4. The lowest BCUT2D eigenvalue weighted by Gasteiger charge is -2.11. The molecule has 0 aliphatic carbocycles. The maximum Gasteiger partial charge on any atom is 0.325 e. The maximum absolute atomic E-state index is 12.1. The second-order valence-electron chi connectivity index (χ2n) is 5.38. The van der Waals surface area contributed by atoms with E-state index in [4.69, 9.17) is 12.2 Å². The van der Waals surface area contributed by atoms with Crippen LogP contribution in [-0.2, 0) is 0 Å². The predicted octanol–water partition coefficient (Wildman–Crippen LogP) is 1.04. The van der Waals surface area contributed by atoms with E-state index in [1.165, 1.54) is 4.57 Å². The molecule has 0 saturated carbocycles. The Morgan fingerprint density at radius 1 is 1.12 bits per heavy atom. The lowest BCUT2D eigenvalue weighted by molar-refractivity contribution is 0.432. The van der Waals surface area contributed by atoms with Crippen LogP contribution in [0.5, 0.6) is 5.88 Å². The van der Waals surface area contributed by atoms with Gasteiger partial charge in [-0.15, -0.1) is 0 Å². The summed E-state index contributed by atoms with van der Waals surface area (Å²) in [6.07, 6.45) is 2.12. The summed E-state index contributed by atoms with van der Waals surface area (Å²) in [6.45, 7) is 1.91. The summed E-state index contributed by atoms with van der Waals surface area (Å²) in [5.74, 6) is -0.424. The maximum atomic E-state index is 12.1. The largest absolute Gasteiger partial charge is 0.494 e. The quantitative estimate of drug-likeness (QED) is 0.403. The van der Waals surface area contributed by atoms with Gasteiger partial charge in [0.15, 0.2) is 4.77 Å². The van der Waals surface area contributed by atoms with Crippen molar-refractivity contribution in [3.63, 3.8) is 0 Å². The Morgan fingerprint density at radius 3 is 2.46 bits per heavy atom. The number of aliphatic imine (C=N–C) groups is 1. The van der Waals surface area contributed by atoms with Crippen molar-refractivity contribution in [3.05, 3.63) is 77.6 Å². The van der Waals surface area contributed by atoms with Gasteiger partial charge in [0.2, 0.25) is 5.88 Å². The smallest absolute Gasteiger partial charge is 0.325 e. The van der Waals surface area contributed by atoms with E-state index in [1.807, 2.05) is 24.0 Å². The van der Waals surface area contributed by atoms with Crippen molar-refractivity contribution in [2.24, 2.45) is 4.99 Å². The number of nitrogens with zero attached hydrogens (tertiary/aromatic N) is 2. The number of aromatic hydroxyl groups is 1. The van der Waals surface area contributed by atoms with Gasteiger partial charge in [-0.25, -0.2) is 9.79 Å². The third-order valence-electron chi connectivity index (χ3n) is 3.55. The van der Waals surface area contributed by atoms with Gasteiger partial charge in [-0.2, -0.15) is 0 Å². The highest BCUT2D eigenvalue weighted by atomic mass is 32.1. The molecule has 0 spiro atoms. The topological polar surface area (TPSA) is 136 Å². The van der Waals surface area contributed by atoms with Crippen LogP contribution in [0.4, 0.5) is 5.69 Å². The fraction of sp³-hybridized carbons (Fsp3) is 0.0625. The fourth-order valence-electron chi connectivity index (χ4n) is 2.22. The highest BCUT2D eigenvalue weighted by Gasteiger charge is 2.12. The van der Waals surface area contributed by atoms with E-state index in [1.54, 1.807) is 12.1 Å². The molecule has 4 N–H and O–H groups in total. The second kappa shape index (κ2) is 6.76. The SMILES string of the molecule is Cc1ccc(-n2c(O)c(C=Nc3c[nH]c(=O)[nH]c3=O)c(=O)[nH]c2=S)cc1. The van der Waals surface area contributed by atoms with E-state index in [9.17, 15) is 19.5 Å². The average molecular weight is 371 g/mol. The molecule has 3 rings (SSSR count). The molecule has 1 aromatic carbocycles. The first-order valence-electron chi connectivity index (χ1n) is 7.38. The fourth-order valence-corrected chi connectivity index (χ4v) is 2.51. The normalized spacial score (nSPS) is 11.1. The van der Waals surface area contributed by atoms with Crippen LogP contribution >= 0.6 is 12.2 Å². The van der Waals surface area contributed by atoms with Crippen molar-refractivity contribution >= 4 is 24.1 Å². The number of H-pyrrole nitrogens is 3. The minimum atomic E-state index is -0.729. The molecule has 2 heterocycles. The van der Waals surface area contributed by atoms with Crippen molar-refractivity contribution in [2.75, 3.05) is 0 Å². The molecule has 0 atom stereocenters. The standard InChI is InChI=1S/C16H13N5O4S/c1-8-2-4-9(5-3-8)21-14(24)10(12(22)20-16(21)26)6-17-11-7-18-15(25)19-13(11)23/h2-7,24H,1H3,(H,20,22,26)(H2,18,19,23,25). The number of hydrogen-bond donors (Lipinski definition) is 4. The van der Waals surface area contributed by atoms with Crippen LogP contribution in [0.3, 0.4) is 0 Å². The van der Waals surface area contributed by atoms with Crippen molar-refractivity contribution < 1.29 is 5.11 Å². The van der Waals surface area contributed by atoms with Gasteiger partial charge < -0.3 is 10.1 Å². The van der Waals surface area contributed by atoms with Crippen molar-refractivity contribution in [1.82, 2.24) is 19.5 Å². The van der Waals surface area contributed by atoms with Gasteiger partial charge in [-0.1, -0.05) is 17.7 Å². The molecular formula is C16H13N5O4S. The van der Waals surface area contributed by atoms with Gasteiger partial charge in [0.1, 0.15) is 11.3 Å². The van der Waals surface area contributed by atoms with Gasteiger partial charge in [0.05, 0.1) is 5.69 Å². The molecule has 2 aromatic heterocycles. The van der Waals surface area contributed by atoms with E-state index in [0.29, 0.717) is 5.69 Å². The molecule has 9 nitrogen and oxygen atoms in total. The zero-order valence-electron chi connectivity index (χ0n) is 13.4. The van der Waals surface area contributed by atoms with E-state index in [-0.39, 0.29) is 16.0 Å². The summed E-state index contributed by atoms with van der Waals surface area (Å²) in [4.78, 5) is 45.4. The summed E-state index contributed by atoms with van der Waals surface area (Å²) in [5, 5.41) is 10.5. The molecule has 0 saturated heterocycles. The molecule has 0 unspecified atom stereocenters. The zero-order chi connectivity index (χ0) is 18.8. The molecule has 26 heavy (non-hydrogen) atoms. The Kier molecular flexibility index (Phi) is 4.50. The summed E-state index contributed by atoms with van der Waals surface area (Å²) in [5.41, 5.74) is -0.832. The number of benzene rings is 1. The lowest BCUT2D eigenvalue weighted by atomic mass is 10.2. The first-order valence-corrected chi connectivity index (χ1v) is 7.79. The number of rotatable bonds is 3. The van der Waals surface area contributed by atoms with E-state index in [2.05, 4.69) is 15.0 Å². The number of aromatic nitrogens is 4. The van der Waals surface area contributed by atoms with Gasteiger partial charge in [0.25, 0.3) is 11.1 Å². The minimum Gasteiger partial charge on any atom is -0.494 e. The highest BCUT2D eigenvalue weighted by Crippen LogP contribution is 2.19. The van der Waals surface area contributed by atoms with Gasteiger partial charge in [-0.3, -0.25) is 24.1 Å². The Balaban J connectivity index is 2.15. The van der Waals surface area contributed by atoms with Crippen LogP contribution in [0.2, 0.25) is 0 Å². The molecule has 132 valence electrons. The number of aromatic amines is 3. The summed E-state index contributed by atoms with van der Waals surface area (Å²) in [7, 11) is 0. The monoisotopic (exact) mass is 371 g/mol. The van der Waals surface area contributed by atoms with Crippen molar-refractivity contribution in [2.45, 2.75) is 6.92 Å². The zero-order valence-corrected chi connectivity index (χ0v) is 14.3. The molecule has 0 fully saturated rings. The highest BCUT2D eigenvalue weighted by molar-refractivity contribution is 7.71. The average Bonchev–Trinajstić information content (AvgIpc) is 2.57. The summed E-state index contributed by atoms with van der Waals surface area (Å²) >= 11 is 5.12. The van der Waals surface area contributed by atoms with E-state index < -0.39 is 22.7 Å². The molecular weight excluding hydrogens is 358 g/mol. The third-order valence-corrected chi connectivity index (χ3v) is 3.83. The van der Waals surface area contributed by atoms with Crippen LogP contribution in [0.15, 0.2) is 49.8 Å². The molecule has 0 aliphatic heterocycles. The molecule has 0 aliphatic rings. The molecule has 10 heteroatoms. The van der Waals surface area contributed by atoms with E-state index in [0.717, 1.165) is 18.0 Å². The second-order valence-corrected chi connectivity index (χ2v) is 5.77. The Morgan fingerprint density at radius 2 is 1.81 bits per heavy atom. The Bertz CT molecular complexity index is 1230. The van der Waals surface area contributed by atoms with Crippen LogP contribution < -0.4 is 16.8 Å². The van der Waals surface area contributed by atoms with Crippen LogP contribution in [0.25, 0.3) is 5.69 Å². The number of nitrogens with one attached hydrogen (secondary N) is 3. The predicted molar refractivity (Wildman–Crippen MR) is 98.6 cm³/mol. The molecule has 0 amide bonds. The summed E-state index contributed by atoms with van der Waals surface area (Å²) in [6, 6.07) is 7.12. The Hall–Kier alpha value is -3.53. The number of hydrogen-bond acceptors (Lipinski definition) is 6. The molecule has 0 bridgehead atoms. The van der Waals surface area contributed by atoms with Crippen molar-refractivity contribution in [3.8, 4) is 11.6 Å². The van der Waals surface area contributed by atoms with Crippen LogP contribution in [-0.4, -0.2) is 30.8 Å². The Labute approximate surface area is 150 Å².